The van der Waals surface area contributed by atoms with Crippen LogP contribution >= 0.6 is 34.8 Å². The van der Waals surface area contributed by atoms with Crippen LogP contribution in [0.5, 0.6) is 5.75 Å². The molecule has 0 spiro atoms. The van der Waals surface area contributed by atoms with Gasteiger partial charge in [-0.15, -0.1) is 0 Å². The smallest absolute Gasteiger partial charge is 0.242 e. The van der Waals surface area contributed by atoms with E-state index in [0.29, 0.717) is 46.0 Å². The van der Waals surface area contributed by atoms with Crippen molar-refractivity contribution in [3.05, 3.63) is 63.1 Å². The molecule has 2 amide bonds. The van der Waals surface area contributed by atoms with Crippen LogP contribution in [0.4, 0.5) is 0 Å². The van der Waals surface area contributed by atoms with E-state index in [1.807, 2.05) is 0 Å². The number of benzene rings is 2. The maximum atomic E-state index is 13.1. The largest absolute Gasteiger partial charge is 0.494 e. The van der Waals surface area contributed by atoms with Gasteiger partial charge in [0.1, 0.15) is 11.8 Å². The predicted molar refractivity (Wildman–Crippen MR) is 131 cm³/mol. The second-order valence-corrected chi connectivity index (χ2v) is 8.70. The van der Waals surface area contributed by atoms with Crippen LogP contribution in [0.1, 0.15) is 45.1 Å². The van der Waals surface area contributed by atoms with Gasteiger partial charge in [0.2, 0.25) is 11.8 Å². The number of unbranched alkanes of at least 4 members (excludes halogenated alkanes) is 1. The average Bonchev–Trinajstić information content (AvgIpc) is 2.77. The monoisotopic (exact) mass is 498 g/mol. The maximum absolute atomic E-state index is 13.1. The molecule has 32 heavy (non-hydrogen) atoms. The number of ether oxygens (including phenoxy) is 1. The molecule has 1 unspecified atom stereocenters. The summed E-state index contributed by atoms with van der Waals surface area (Å²) in [6.07, 6.45) is 2.57. The molecule has 0 heterocycles. The van der Waals surface area contributed by atoms with Crippen LogP contribution in [0.15, 0.2) is 42.5 Å². The van der Waals surface area contributed by atoms with Crippen LogP contribution in [0, 0.1) is 0 Å². The summed E-state index contributed by atoms with van der Waals surface area (Å²) in [6, 6.07) is 11.6. The highest BCUT2D eigenvalue weighted by molar-refractivity contribution is 6.36. The van der Waals surface area contributed by atoms with Gasteiger partial charge in [-0.25, -0.2) is 0 Å². The number of nitrogens with zero attached hydrogens (tertiary/aromatic N) is 1. The normalized spacial score (nSPS) is 11.7. The van der Waals surface area contributed by atoms with Gasteiger partial charge < -0.3 is 15.0 Å². The highest BCUT2D eigenvalue weighted by atomic mass is 35.5. The second kappa shape index (κ2) is 13.6. The molecule has 5 nitrogen and oxygen atoms in total. The third-order valence-corrected chi connectivity index (χ3v) is 5.96. The summed E-state index contributed by atoms with van der Waals surface area (Å²) in [5, 5.41) is 4.44. The molecule has 0 aliphatic carbocycles. The third-order valence-electron chi connectivity index (χ3n) is 5.00. The molecule has 0 bridgehead atoms. The highest BCUT2D eigenvalue weighted by Gasteiger charge is 2.27. The van der Waals surface area contributed by atoms with E-state index < -0.39 is 6.04 Å². The van der Waals surface area contributed by atoms with Crippen molar-refractivity contribution in [1.29, 1.82) is 0 Å². The Morgan fingerprint density at radius 2 is 1.69 bits per heavy atom. The number of amides is 2. The molecule has 174 valence electrons. The lowest BCUT2D eigenvalue weighted by molar-refractivity contribution is -0.140. The van der Waals surface area contributed by atoms with Crippen LogP contribution < -0.4 is 10.1 Å². The molecule has 2 aromatic carbocycles. The van der Waals surface area contributed by atoms with Gasteiger partial charge in [-0.2, -0.15) is 0 Å². The molecule has 0 aliphatic rings. The zero-order chi connectivity index (χ0) is 23.5. The van der Waals surface area contributed by atoms with Crippen LogP contribution in [-0.2, 0) is 16.1 Å². The van der Waals surface area contributed by atoms with Gasteiger partial charge in [0.25, 0.3) is 0 Å². The molecule has 0 fully saturated rings. The Labute approximate surface area is 205 Å². The lowest BCUT2D eigenvalue weighted by Gasteiger charge is -2.29. The second-order valence-electron chi connectivity index (χ2n) is 7.45. The fraction of sp³-hybridized carbons (Fsp3) is 0.417. The van der Waals surface area contributed by atoms with Crippen molar-refractivity contribution in [2.45, 2.75) is 52.1 Å². The van der Waals surface area contributed by atoms with Crippen LogP contribution in [0.3, 0.4) is 0 Å². The van der Waals surface area contributed by atoms with Gasteiger partial charge in [0.15, 0.2) is 0 Å². The minimum absolute atomic E-state index is 0.151. The SMILES string of the molecule is CCCCNC(=O)C(C)N(Cc1c(Cl)cccc1Cl)C(=O)CCCOc1ccc(Cl)cc1. The van der Waals surface area contributed by atoms with Gasteiger partial charge >= 0.3 is 0 Å². The summed E-state index contributed by atoms with van der Waals surface area (Å²) in [5.41, 5.74) is 0.620. The third kappa shape index (κ3) is 8.19. The van der Waals surface area contributed by atoms with E-state index in [4.69, 9.17) is 39.5 Å². The lowest BCUT2D eigenvalue weighted by Crippen LogP contribution is -2.47. The number of hydrogen-bond donors (Lipinski definition) is 1. The quantitative estimate of drug-likeness (QED) is 0.357. The molecule has 8 heteroatoms. The first-order valence-electron chi connectivity index (χ1n) is 10.7. The number of rotatable bonds is 12. The molecule has 0 aliphatic heterocycles. The molecule has 0 saturated heterocycles. The molecule has 0 saturated carbocycles. The van der Waals surface area contributed by atoms with E-state index in [9.17, 15) is 9.59 Å². The summed E-state index contributed by atoms with van der Waals surface area (Å²) in [6.45, 7) is 4.86. The molecule has 1 atom stereocenters. The summed E-state index contributed by atoms with van der Waals surface area (Å²) in [7, 11) is 0. The van der Waals surface area contributed by atoms with Crippen molar-refractivity contribution in [1.82, 2.24) is 10.2 Å². The lowest BCUT2D eigenvalue weighted by atomic mass is 10.1. The number of nitrogens with one attached hydrogen (secondary N) is 1. The van der Waals surface area contributed by atoms with Crippen LogP contribution in [0.2, 0.25) is 15.1 Å². The molecular weight excluding hydrogens is 471 g/mol. The van der Waals surface area contributed by atoms with Gasteiger partial charge in [-0.3, -0.25) is 9.59 Å². The molecule has 0 aromatic heterocycles. The van der Waals surface area contributed by atoms with Crippen molar-refractivity contribution in [2.75, 3.05) is 13.2 Å². The first kappa shape index (κ1) is 26.3. The number of carbonyl (C=O) groups excluding carboxylic acids is 2. The number of hydrogen-bond acceptors (Lipinski definition) is 3. The van der Waals surface area contributed by atoms with Crippen molar-refractivity contribution >= 4 is 46.6 Å². The topological polar surface area (TPSA) is 58.6 Å². The Balaban J connectivity index is 2.03. The van der Waals surface area contributed by atoms with E-state index in [1.54, 1.807) is 49.4 Å². The predicted octanol–water partition coefficient (Wildman–Crippen LogP) is 6.14. The Bertz CT molecular complexity index is 870. The first-order chi connectivity index (χ1) is 15.3. The first-order valence-corrected chi connectivity index (χ1v) is 11.8. The minimum Gasteiger partial charge on any atom is -0.494 e. The van der Waals surface area contributed by atoms with Crippen molar-refractivity contribution in [2.24, 2.45) is 0 Å². The van der Waals surface area contributed by atoms with E-state index >= 15 is 0 Å². The van der Waals surface area contributed by atoms with E-state index in [-0.39, 0.29) is 24.8 Å². The zero-order valence-electron chi connectivity index (χ0n) is 18.4. The molecular formula is C24H29Cl3N2O3. The van der Waals surface area contributed by atoms with E-state index in [1.165, 1.54) is 4.90 Å². The number of carbonyl (C=O) groups is 2. The van der Waals surface area contributed by atoms with E-state index in [0.717, 1.165) is 12.8 Å². The fourth-order valence-electron chi connectivity index (χ4n) is 3.06. The Kier molecular flexibility index (Phi) is 11.1. The molecule has 0 radical (unpaired) electrons. The Hall–Kier alpha value is -1.95. The van der Waals surface area contributed by atoms with Gasteiger partial charge in [-0.1, -0.05) is 54.2 Å². The standard InChI is InChI=1S/C24H29Cl3N2O3/c1-3-4-14-28-24(31)17(2)29(16-20-21(26)7-5-8-22(20)27)23(30)9-6-15-32-19-12-10-18(25)11-13-19/h5,7-8,10-13,17H,3-4,6,9,14-16H2,1-2H3,(H,28,31). The van der Waals surface area contributed by atoms with Crippen molar-refractivity contribution < 1.29 is 14.3 Å². The molecule has 2 aromatic rings. The van der Waals surface area contributed by atoms with Crippen LogP contribution in [-0.4, -0.2) is 35.9 Å². The van der Waals surface area contributed by atoms with E-state index in [2.05, 4.69) is 12.2 Å². The summed E-state index contributed by atoms with van der Waals surface area (Å²) in [5.74, 6) is 0.316. The maximum Gasteiger partial charge on any atom is 0.242 e. The minimum atomic E-state index is -0.663. The van der Waals surface area contributed by atoms with Gasteiger partial charge in [0, 0.05) is 40.1 Å². The van der Waals surface area contributed by atoms with Crippen molar-refractivity contribution in [3.8, 4) is 5.75 Å². The zero-order valence-corrected chi connectivity index (χ0v) is 20.6. The summed E-state index contributed by atoms with van der Waals surface area (Å²) in [4.78, 5) is 27.3. The summed E-state index contributed by atoms with van der Waals surface area (Å²) < 4.78 is 5.67. The Morgan fingerprint density at radius 3 is 2.31 bits per heavy atom. The number of halogens is 3. The van der Waals surface area contributed by atoms with Gasteiger partial charge in [-0.05, 0) is 56.2 Å². The van der Waals surface area contributed by atoms with Gasteiger partial charge in [0.05, 0.1) is 6.61 Å². The Morgan fingerprint density at radius 1 is 1.03 bits per heavy atom. The average molecular weight is 500 g/mol. The summed E-state index contributed by atoms with van der Waals surface area (Å²) >= 11 is 18.5. The van der Waals surface area contributed by atoms with Crippen LogP contribution in [0.25, 0.3) is 0 Å². The van der Waals surface area contributed by atoms with Crippen molar-refractivity contribution in [3.63, 3.8) is 0 Å². The molecule has 2 rings (SSSR count). The highest BCUT2D eigenvalue weighted by Crippen LogP contribution is 2.27. The fourth-order valence-corrected chi connectivity index (χ4v) is 3.70. The molecule has 1 N–H and O–H groups in total.